The molecule has 1 N–H and O–H groups in total. The second-order valence-corrected chi connectivity index (χ2v) is 21.1. The van der Waals surface area contributed by atoms with Crippen molar-refractivity contribution in [2.45, 2.75) is 139 Å². The third kappa shape index (κ3) is 6.83. The Bertz CT molecular complexity index is 2220. The van der Waals surface area contributed by atoms with Gasteiger partial charge in [-0.2, -0.15) is 5.26 Å². The summed E-state index contributed by atoms with van der Waals surface area (Å²) >= 11 is 0. The van der Waals surface area contributed by atoms with Gasteiger partial charge in [-0.3, -0.25) is 9.59 Å². The van der Waals surface area contributed by atoms with Gasteiger partial charge in [0.15, 0.2) is 11.5 Å². The van der Waals surface area contributed by atoms with Crippen molar-refractivity contribution in [1.29, 1.82) is 5.26 Å². The number of nitrogens with zero attached hydrogens (tertiary/aromatic N) is 4. The van der Waals surface area contributed by atoms with E-state index in [4.69, 9.17) is 19.5 Å². The molecule has 3 aromatic rings. The molecule has 0 aliphatic heterocycles. The lowest BCUT2D eigenvalue weighted by Crippen LogP contribution is -2.65. The Morgan fingerprint density at radius 2 is 1.67 bits per heavy atom. The molecule has 60 heavy (non-hydrogen) atoms. The first-order valence-electron chi connectivity index (χ1n) is 22.3. The highest BCUT2D eigenvalue weighted by atomic mass is 16.5. The Balaban J connectivity index is 0.984. The summed E-state index contributed by atoms with van der Waals surface area (Å²) in [6, 6.07) is 15.1. The smallest absolute Gasteiger partial charge is 0.302 e. The number of hydrogen-bond acceptors (Lipinski definition) is 8. The van der Waals surface area contributed by atoms with E-state index >= 15 is 0 Å². The van der Waals surface area contributed by atoms with Crippen molar-refractivity contribution in [2.75, 3.05) is 7.11 Å². The average Bonchev–Trinajstić information content (AvgIpc) is 3.69. The highest BCUT2D eigenvalue weighted by molar-refractivity contribution is 5.84. The van der Waals surface area contributed by atoms with E-state index in [2.05, 4.69) is 76.2 Å². The number of carbonyl (C=O) groups excluding carboxylic acids is 2. The first-order valence-corrected chi connectivity index (χ1v) is 22.3. The van der Waals surface area contributed by atoms with Crippen LogP contribution in [0.3, 0.4) is 0 Å². The topological polar surface area (TPSA) is 128 Å². The van der Waals surface area contributed by atoms with Crippen molar-refractivity contribution in [3.8, 4) is 23.3 Å². The fraction of sp³-hybridized carbons (Fsp3) is 0.620. The maximum atomic E-state index is 14.9. The van der Waals surface area contributed by atoms with Gasteiger partial charge in [0.2, 0.25) is 5.91 Å². The zero-order valence-electron chi connectivity index (χ0n) is 37.3. The predicted molar refractivity (Wildman–Crippen MR) is 230 cm³/mol. The van der Waals surface area contributed by atoms with Gasteiger partial charge >= 0.3 is 5.97 Å². The summed E-state index contributed by atoms with van der Waals surface area (Å²) in [7, 11) is 1.63. The van der Waals surface area contributed by atoms with E-state index in [1.807, 2.05) is 30.3 Å². The summed E-state index contributed by atoms with van der Waals surface area (Å²) in [6.45, 7) is 19.4. The normalized spacial score (nSPS) is 33.6. The van der Waals surface area contributed by atoms with Crippen LogP contribution < -0.4 is 14.8 Å². The number of hydrogen-bond donors (Lipinski definition) is 1. The van der Waals surface area contributed by atoms with Crippen LogP contribution in [0.15, 0.2) is 60.3 Å². The van der Waals surface area contributed by atoms with Gasteiger partial charge < -0.3 is 19.5 Å². The summed E-state index contributed by atoms with van der Waals surface area (Å²) < 4.78 is 19.5. The second-order valence-electron chi connectivity index (χ2n) is 21.1. The number of carbonyl (C=O) groups is 2. The third-order valence-corrected chi connectivity index (χ3v) is 17.2. The molecule has 1 aromatic heterocycles. The van der Waals surface area contributed by atoms with Crippen LogP contribution in [-0.4, -0.2) is 40.1 Å². The van der Waals surface area contributed by atoms with Gasteiger partial charge in [-0.15, -0.1) is 5.10 Å². The maximum absolute atomic E-state index is 14.9. The molecule has 320 valence electrons. The van der Waals surface area contributed by atoms with E-state index < -0.39 is 5.41 Å². The molecule has 4 unspecified atom stereocenters. The van der Waals surface area contributed by atoms with Gasteiger partial charge in [-0.1, -0.05) is 71.4 Å². The molecule has 4 fully saturated rings. The van der Waals surface area contributed by atoms with Crippen LogP contribution in [0.2, 0.25) is 0 Å². The zero-order chi connectivity index (χ0) is 42.9. The third-order valence-electron chi connectivity index (χ3n) is 17.2. The number of ether oxygens (including phenoxy) is 3. The van der Waals surface area contributed by atoms with E-state index in [9.17, 15) is 9.59 Å². The molecule has 1 amide bonds. The summed E-state index contributed by atoms with van der Waals surface area (Å²) in [6.07, 6.45) is 14.7. The highest BCUT2D eigenvalue weighted by Crippen LogP contribution is 2.76. The highest BCUT2D eigenvalue weighted by Gasteiger charge is 2.69. The van der Waals surface area contributed by atoms with Gasteiger partial charge in [-0.05, 0) is 146 Å². The number of nitrogens with one attached hydrogen (secondary N) is 1. The van der Waals surface area contributed by atoms with Crippen molar-refractivity contribution < 1.29 is 23.8 Å². The Morgan fingerprint density at radius 3 is 2.38 bits per heavy atom. The fourth-order valence-corrected chi connectivity index (χ4v) is 13.7. The standard InChI is InChI=1S/C50H65N5O5/c1-32(56)60-43-19-20-47(6)41(46(43,4)5)18-21-49(8)42(47)17-15-37-38-27-45(2,3)22-24-50(38,25-23-48(37,49)7)44(57)52-29-34-12-16-39(40(26-34)58-9)59-31-35-30-55(54-53-35)36-13-10-33(28-51)11-14-36/h10-16,26,30,38,41-43H,17-25,27,29,31H2,1-9H3,(H,52,57)/t38?,41?,42?,43?,47-,48+,49+,50-/m0/s1. The number of allylic oxidation sites excluding steroid dienone is 2. The summed E-state index contributed by atoms with van der Waals surface area (Å²) in [5, 5.41) is 21.0. The molecule has 4 saturated carbocycles. The van der Waals surface area contributed by atoms with E-state index in [1.54, 1.807) is 42.6 Å². The first kappa shape index (κ1) is 42.1. The van der Waals surface area contributed by atoms with Crippen LogP contribution in [0.5, 0.6) is 11.5 Å². The zero-order valence-corrected chi connectivity index (χ0v) is 37.3. The lowest BCUT2D eigenvalue weighted by Gasteiger charge is -2.71. The van der Waals surface area contributed by atoms with Crippen molar-refractivity contribution >= 4 is 11.9 Å². The van der Waals surface area contributed by atoms with Crippen LogP contribution in [0, 0.1) is 61.6 Å². The maximum Gasteiger partial charge on any atom is 0.302 e. The number of nitriles is 1. The van der Waals surface area contributed by atoms with Crippen LogP contribution in [0.4, 0.5) is 0 Å². The molecule has 0 saturated heterocycles. The van der Waals surface area contributed by atoms with E-state index in [-0.39, 0.29) is 57.6 Å². The van der Waals surface area contributed by atoms with E-state index in [0.717, 1.165) is 75.5 Å². The molecule has 0 bridgehead atoms. The monoisotopic (exact) mass is 815 g/mol. The molecule has 1 heterocycles. The second kappa shape index (κ2) is 15.1. The van der Waals surface area contributed by atoms with Gasteiger partial charge in [0.1, 0.15) is 18.4 Å². The van der Waals surface area contributed by atoms with E-state index in [1.165, 1.54) is 0 Å². The number of amides is 1. The summed E-state index contributed by atoms with van der Waals surface area (Å²) in [4.78, 5) is 27.0. The Kier molecular flexibility index (Phi) is 10.6. The molecule has 8 rings (SSSR count). The van der Waals surface area contributed by atoms with Crippen molar-refractivity contribution in [1.82, 2.24) is 20.3 Å². The number of benzene rings is 2. The molecule has 10 nitrogen and oxygen atoms in total. The van der Waals surface area contributed by atoms with Crippen LogP contribution in [0.25, 0.3) is 5.69 Å². The van der Waals surface area contributed by atoms with E-state index in [0.29, 0.717) is 41.1 Å². The molecular formula is C50H65N5O5. The van der Waals surface area contributed by atoms with Crippen LogP contribution in [0.1, 0.15) is 136 Å². The molecule has 0 radical (unpaired) electrons. The molecular weight excluding hydrogens is 751 g/mol. The Labute approximate surface area is 356 Å². The molecule has 0 spiro atoms. The molecule has 5 aliphatic carbocycles. The van der Waals surface area contributed by atoms with Crippen molar-refractivity contribution in [3.05, 3.63) is 77.1 Å². The lowest BCUT2D eigenvalue weighted by atomic mass is 9.33. The summed E-state index contributed by atoms with van der Waals surface area (Å²) in [5.74, 6) is 2.43. The fourth-order valence-electron chi connectivity index (χ4n) is 13.7. The molecule has 2 aromatic carbocycles. The van der Waals surface area contributed by atoms with Gasteiger partial charge in [0, 0.05) is 18.9 Å². The van der Waals surface area contributed by atoms with Gasteiger partial charge in [0.25, 0.3) is 0 Å². The quantitative estimate of drug-likeness (QED) is 0.167. The van der Waals surface area contributed by atoms with Crippen LogP contribution >= 0.6 is 0 Å². The number of rotatable bonds is 9. The first-order chi connectivity index (χ1) is 28.4. The van der Waals surface area contributed by atoms with Gasteiger partial charge in [-0.25, -0.2) is 4.68 Å². The molecule has 8 atom stereocenters. The minimum Gasteiger partial charge on any atom is -0.493 e. The Hall–Kier alpha value is -4.65. The summed E-state index contributed by atoms with van der Waals surface area (Å²) in [5.41, 5.74) is 4.50. The SMILES string of the molecule is COc1cc(CNC(=O)[C@]23CCC(C)(C)CC2C2=CCC4[C@@]5(C)CCC(OC(C)=O)C(C)(C)C5CC[C@@]4(C)[C@]2(C)CC3)ccc1OCc1cn(-c2ccc(C#N)cc2)nn1. The lowest BCUT2D eigenvalue weighted by molar-refractivity contribution is -0.212. The van der Waals surface area contributed by atoms with Crippen LogP contribution in [-0.2, 0) is 27.5 Å². The van der Waals surface area contributed by atoms with Crippen molar-refractivity contribution in [2.24, 2.45) is 50.2 Å². The molecule has 10 heteroatoms. The largest absolute Gasteiger partial charge is 0.493 e. The van der Waals surface area contributed by atoms with Crippen molar-refractivity contribution in [3.63, 3.8) is 0 Å². The predicted octanol–water partition coefficient (Wildman–Crippen LogP) is 10.1. The number of aromatic nitrogens is 3. The average molecular weight is 816 g/mol. The molecule has 5 aliphatic rings. The van der Waals surface area contributed by atoms with Gasteiger partial charge in [0.05, 0.1) is 36.0 Å². The minimum atomic E-state index is -0.433. The number of esters is 1. The minimum absolute atomic E-state index is 0.0175. The number of methoxy groups -OCH3 is 1. The Morgan fingerprint density at radius 1 is 0.917 bits per heavy atom. The number of fused-ring (bicyclic) bond motifs is 7.